The van der Waals surface area contributed by atoms with Crippen molar-refractivity contribution in [2.45, 2.75) is 19.9 Å². The van der Waals surface area contributed by atoms with Gasteiger partial charge in [0.25, 0.3) is 5.56 Å². The zero-order chi connectivity index (χ0) is 14.5. The van der Waals surface area contributed by atoms with Crippen molar-refractivity contribution < 1.29 is 4.39 Å². The number of nitrogens with zero attached hydrogens (tertiary/aromatic N) is 2. The SMILES string of the molecule is CCCNc1ncccc1Cn1cc(F)c(=O)[nH]c1=O. The van der Waals surface area contributed by atoms with E-state index in [1.54, 1.807) is 18.3 Å². The molecule has 20 heavy (non-hydrogen) atoms. The maximum absolute atomic E-state index is 13.2. The molecule has 106 valence electrons. The molecular formula is C13H15FN4O2. The Balaban J connectivity index is 2.33. The highest BCUT2D eigenvalue weighted by molar-refractivity contribution is 5.43. The van der Waals surface area contributed by atoms with Crippen LogP contribution in [0.5, 0.6) is 0 Å². The van der Waals surface area contributed by atoms with Gasteiger partial charge in [0.15, 0.2) is 0 Å². The fourth-order valence-electron chi connectivity index (χ4n) is 1.75. The Morgan fingerprint density at radius 3 is 3.00 bits per heavy atom. The molecule has 2 N–H and O–H groups in total. The molecule has 0 aliphatic rings. The number of aromatic nitrogens is 3. The Labute approximate surface area is 114 Å². The lowest BCUT2D eigenvalue weighted by Crippen LogP contribution is -2.31. The minimum Gasteiger partial charge on any atom is -0.370 e. The Morgan fingerprint density at radius 1 is 1.45 bits per heavy atom. The van der Waals surface area contributed by atoms with Gasteiger partial charge in [-0.1, -0.05) is 13.0 Å². The summed E-state index contributed by atoms with van der Waals surface area (Å²) in [6.07, 6.45) is 3.47. The summed E-state index contributed by atoms with van der Waals surface area (Å²) in [6.45, 7) is 2.91. The van der Waals surface area contributed by atoms with Crippen molar-refractivity contribution in [2.75, 3.05) is 11.9 Å². The quantitative estimate of drug-likeness (QED) is 0.853. The van der Waals surface area contributed by atoms with E-state index in [2.05, 4.69) is 10.3 Å². The maximum atomic E-state index is 13.2. The summed E-state index contributed by atoms with van der Waals surface area (Å²) < 4.78 is 14.3. The predicted molar refractivity (Wildman–Crippen MR) is 73.4 cm³/mol. The summed E-state index contributed by atoms with van der Waals surface area (Å²) in [5, 5.41) is 3.14. The van der Waals surface area contributed by atoms with E-state index in [9.17, 15) is 14.0 Å². The fraction of sp³-hybridized carbons (Fsp3) is 0.308. The first kappa shape index (κ1) is 14.0. The van der Waals surface area contributed by atoms with Gasteiger partial charge >= 0.3 is 5.69 Å². The molecule has 2 heterocycles. The average molecular weight is 278 g/mol. The molecule has 0 atom stereocenters. The van der Waals surface area contributed by atoms with Crippen molar-refractivity contribution in [3.05, 3.63) is 56.7 Å². The summed E-state index contributed by atoms with van der Waals surface area (Å²) in [5.41, 5.74) is -0.919. The molecule has 7 heteroatoms. The summed E-state index contributed by atoms with van der Waals surface area (Å²) in [4.78, 5) is 28.7. The van der Waals surface area contributed by atoms with E-state index in [0.29, 0.717) is 5.82 Å². The van der Waals surface area contributed by atoms with Gasteiger partial charge in [-0.25, -0.2) is 9.78 Å². The second kappa shape index (κ2) is 6.14. The summed E-state index contributed by atoms with van der Waals surface area (Å²) in [7, 11) is 0. The van der Waals surface area contributed by atoms with Gasteiger partial charge in [-0.15, -0.1) is 0 Å². The second-order valence-corrected chi connectivity index (χ2v) is 4.30. The summed E-state index contributed by atoms with van der Waals surface area (Å²) in [5.74, 6) is -0.343. The van der Waals surface area contributed by atoms with Gasteiger partial charge in [-0.2, -0.15) is 4.39 Å². The smallest absolute Gasteiger partial charge is 0.328 e. The zero-order valence-electron chi connectivity index (χ0n) is 11.0. The van der Waals surface area contributed by atoms with Gasteiger partial charge in [0.1, 0.15) is 5.82 Å². The fourth-order valence-corrected chi connectivity index (χ4v) is 1.75. The highest BCUT2D eigenvalue weighted by atomic mass is 19.1. The average Bonchev–Trinajstić information content (AvgIpc) is 2.44. The van der Waals surface area contributed by atoms with Crippen LogP contribution in [-0.4, -0.2) is 21.1 Å². The first-order chi connectivity index (χ1) is 9.61. The van der Waals surface area contributed by atoms with E-state index in [1.165, 1.54) is 0 Å². The molecule has 0 saturated heterocycles. The third-order valence-electron chi connectivity index (χ3n) is 2.74. The van der Waals surface area contributed by atoms with Crippen molar-refractivity contribution in [3.8, 4) is 0 Å². The largest absolute Gasteiger partial charge is 0.370 e. The minimum atomic E-state index is -1.01. The molecule has 0 saturated carbocycles. The van der Waals surface area contributed by atoms with Gasteiger partial charge in [0.2, 0.25) is 5.82 Å². The third kappa shape index (κ3) is 3.11. The van der Waals surface area contributed by atoms with Crippen LogP contribution in [0.15, 0.2) is 34.1 Å². The lowest BCUT2D eigenvalue weighted by molar-refractivity contribution is 0.566. The Kier molecular flexibility index (Phi) is 4.29. The predicted octanol–water partition coefficient (Wildman–Crippen LogP) is 0.941. The minimum absolute atomic E-state index is 0.131. The second-order valence-electron chi connectivity index (χ2n) is 4.30. The first-order valence-corrected chi connectivity index (χ1v) is 6.29. The van der Waals surface area contributed by atoms with Crippen LogP contribution in [0.2, 0.25) is 0 Å². The molecule has 0 unspecified atom stereocenters. The van der Waals surface area contributed by atoms with E-state index < -0.39 is 17.1 Å². The van der Waals surface area contributed by atoms with Crippen LogP contribution < -0.4 is 16.6 Å². The highest BCUT2D eigenvalue weighted by Crippen LogP contribution is 2.12. The molecule has 0 aliphatic carbocycles. The molecule has 0 bridgehead atoms. The molecule has 0 aromatic carbocycles. The van der Waals surface area contributed by atoms with Gasteiger partial charge in [-0.05, 0) is 12.5 Å². The number of aromatic amines is 1. The molecule has 0 spiro atoms. The van der Waals surface area contributed by atoms with E-state index in [0.717, 1.165) is 29.3 Å². The number of nitrogens with one attached hydrogen (secondary N) is 2. The number of H-pyrrole nitrogens is 1. The van der Waals surface area contributed by atoms with E-state index in [-0.39, 0.29) is 6.54 Å². The lowest BCUT2D eigenvalue weighted by atomic mass is 10.2. The molecule has 0 aliphatic heterocycles. The molecule has 2 rings (SSSR count). The number of anilines is 1. The zero-order valence-corrected chi connectivity index (χ0v) is 11.0. The van der Waals surface area contributed by atoms with Crippen LogP contribution in [-0.2, 0) is 6.54 Å². The molecule has 2 aromatic heterocycles. The van der Waals surface area contributed by atoms with E-state index in [4.69, 9.17) is 0 Å². The van der Waals surface area contributed by atoms with Crippen molar-refractivity contribution in [1.82, 2.24) is 14.5 Å². The number of hydrogen-bond donors (Lipinski definition) is 2. The molecular weight excluding hydrogens is 263 g/mol. The van der Waals surface area contributed by atoms with Gasteiger partial charge in [0.05, 0.1) is 12.7 Å². The standard InChI is InChI=1S/C13H15FN4O2/c1-2-5-15-11-9(4-3-6-16-11)7-18-8-10(14)12(19)17-13(18)20/h3-4,6,8H,2,5,7H2,1H3,(H,15,16)(H,17,19,20). The van der Waals surface area contributed by atoms with Crippen molar-refractivity contribution in [3.63, 3.8) is 0 Å². The number of hydrogen-bond acceptors (Lipinski definition) is 4. The van der Waals surface area contributed by atoms with Crippen LogP contribution in [0.1, 0.15) is 18.9 Å². The van der Waals surface area contributed by atoms with Crippen LogP contribution in [0, 0.1) is 5.82 Å². The van der Waals surface area contributed by atoms with Gasteiger partial charge in [0, 0.05) is 18.3 Å². The summed E-state index contributed by atoms with van der Waals surface area (Å²) in [6, 6.07) is 3.53. The Hall–Kier alpha value is -2.44. The van der Waals surface area contributed by atoms with Crippen LogP contribution >= 0.6 is 0 Å². The number of pyridine rings is 1. The first-order valence-electron chi connectivity index (χ1n) is 6.29. The van der Waals surface area contributed by atoms with Gasteiger partial charge < -0.3 is 5.32 Å². The normalized spacial score (nSPS) is 10.5. The van der Waals surface area contributed by atoms with Crippen molar-refractivity contribution >= 4 is 5.82 Å². The summed E-state index contributed by atoms with van der Waals surface area (Å²) >= 11 is 0. The number of halogens is 1. The van der Waals surface area contributed by atoms with Crippen molar-refractivity contribution in [2.24, 2.45) is 0 Å². The lowest BCUT2D eigenvalue weighted by Gasteiger charge is -2.11. The Morgan fingerprint density at radius 2 is 2.25 bits per heavy atom. The molecule has 6 nitrogen and oxygen atoms in total. The topological polar surface area (TPSA) is 79.8 Å². The van der Waals surface area contributed by atoms with Gasteiger partial charge in [-0.3, -0.25) is 14.3 Å². The van der Waals surface area contributed by atoms with Crippen molar-refractivity contribution in [1.29, 1.82) is 0 Å². The number of rotatable bonds is 5. The molecule has 0 amide bonds. The van der Waals surface area contributed by atoms with Crippen LogP contribution in [0.25, 0.3) is 0 Å². The highest BCUT2D eigenvalue weighted by Gasteiger charge is 2.07. The van der Waals surface area contributed by atoms with E-state index in [1.807, 2.05) is 11.9 Å². The Bertz CT molecular complexity index is 708. The third-order valence-corrected chi connectivity index (χ3v) is 2.74. The molecule has 2 aromatic rings. The van der Waals surface area contributed by atoms with Crippen LogP contribution in [0.3, 0.4) is 0 Å². The molecule has 0 fully saturated rings. The van der Waals surface area contributed by atoms with E-state index >= 15 is 0 Å². The monoisotopic (exact) mass is 278 g/mol. The molecule has 0 radical (unpaired) electrons. The maximum Gasteiger partial charge on any atom is 0.328 e. The van der Waals surface area contributed by atoms with Crippen LogP contribution in [0.4, 0.5) is 10.2 Å².